The molecule has 6 heteroatoms. The molecule has 0 unspecified atom stereocenters. The Labute approximate surface area is 200 Å². The van der Waals surface area contributed by atoms with E-state index in [1.165, 1.54) is 22.0 Å². The van der Waals surface area contributed by atoms with Crippen molar-refractivity contribution in [1.82, 2.24) is 4.98 Å². The summed E-state index contributed by atoms with van der Waals surface area (Å²) in [5, 5.41) is 11.7. The first-order valence-corrected chi connectivity index (χ1v) is 12.2. The molecule has 0 saturated carbocycles. The van der Waals surface area contributed by atoms with Crippen molar-refractivity contribution in [2.75, 3.05) is 36.0 Å². The second-order valence-corrected chi connectivity index (χ2v) is 9.16. The Hall–Kier alpha value is -3.59. The standard InChI is InChI=1S/C28H30N4O2/c1-2-34-28(33)24-17-27(31-15-6-7-20(18-31)12-14-29)23-13-16-32(19-25(23)30-24)26-11-5-9-21-8-3-4-10-22(21)26/h3-5,8-11,17,20H,2,6-7,12-13,15-16,18-19H2,1H3/t20-/m0/s1. The fourth-order valence-electron chi connectivity index (χ4n) is 5.38. The first-order valence-electron chi connectivity index (χ1n) is 12.2. The van der Waals surface area contributed by atoms with Crippen molar-refractivity contribution in [2.45, 2.75) is 39.2 Å². The zero-order chi connectivity index (χ0) is 23.5. The van der Waals surface area contributed by atoms with E-state index in [4.69, 9.17) is 9.72 Å². The Kier molecular flexibility index (Phi) is 6.35. The number of esters is 1. The normalized spacial score (nSPS) is 17.8. The lowest BCUT2D eigenvalue weighted by Gasteiger charge is -2.38. The molecular weight excluding hydrogens is 424 g/mol. The smallest absolute Gasteiger partial charge is 0.356 e. The molecule has 0 amide bonds. The maximum Gasteiger partial charge on any atom is 0.356 e. The van der Waals surface area contributed by atoms with E-state index in [1.807, 2.05) is 13.0 Å². The molecule has 2 aromatic carbocycles. The first kappa shape index (κ1) is 22.2. The molecule has 0 spiro atoms. The van der Waals surface area contributed by atoms with E-state index in [9.17, 15) is 10.1 Å². The molecule has 2 aliphatic rings. The van der Waals surface area contributed by atoms with Gasteiger partial charge < -0.3 is 14.5 Å². The van der Waals surface area contributed by atoms with Crippen LogP contribution in [0.3, 0.4) is 0 Å². The van der Waals surface area contributed by atoms with Crippen molar-refractivity contribution in [3.63, 3.8) is 0 Å². The van der Waals surface area contributed by atoms with Crippen LogP contribution in [0.5, 0.6) is 0 Å². The van der Waals surface area contributed by atoms with Crippen LogP contribution >= 0.6 is 0 Å². The number of rotatable bonds is 5. The summed E-state index contributed by atoms with van der Waals surface area (Å²) >= 11 is 0. The van der Waals surface area contributed by atoms with E-state index >= 15 is 0 Å². The van der Waals surface area contributed by atoms with Crippen LogP contribution < -0.4 is 9.80 Å². The minimum Gasteiger partial charge on any atom is -0.461 e. The molecule has 0 radical (unpaired) electrons. The molecule has 0 N–H and O–H groups in total. The molecule has 3 aromatic rings. The predicted octanol–water partition coefficient (Wildman–Crippen LogP) is 5.10. The molecule has 3 heterocycles. The highest BCUT2D eigenvalue weighted by molar-refractivity contribution is 5.94. The fraction of sp³-hybridized carbons (Fsp3) is 0.393. The monoisotopic (exact) mass is 454 g/mol. The second-order valence-electron chi connectivity index (χ2n) is 9.16. The van der Waals surface area contributed by atoms with Crippen LogP contribution in [0.2, 0.25) is 0 Å². The lowest BCUT2D eigenvalue weighted by atomic mass is 9.93. The SMILES string of the molecule is CCOC(=O)c1cc(N2CCC[C@@H](CC#N)C2)c2c(n1)CN(c1cccc3ccccc13)CC2. The van der Waals surface area contributed by atoms with Gasteiger partial charge in [-0.2, -0.15) is 5.26 Å². The summed E-state index contributed by atoms with van der Waals surface area (Å²) in [6.45, 7) is 5.47. The Morgan fingerprint density at radius 1 is 1.15 bits per heavy atom. The number of pyridine rings is 1. The molecule has 1 aromatic heterocycles. The second kappa shape index (κ2) is 9.72. The van der Waals surface area contributed by atoms with Gasteiger partial charge in [-0.3, -0.25) is 0 Å². The Morgan fingerprint density at radius 2 is 2.00 bits per heavy atom. The van der Waals surface area contributed by atoms with Crippen molar-refractivity contribution < 1.29 is 9.53 Å². The number of carbonyl (C=O) groups excluding carboxylic acids is 1. The molecule has 1 saturated heterocycles. The number of fused-ring (bicyclic) bond motifs is 2. The quantitative estimate of drug-likeness (QED) is 0.500. The summed E-state index contributed by atoms with van der Waals surface area (Å²) < 4.78 is 5.31. The third-order valence-electron chi connectivity index (χ3n) is 6.99. The highest BCUT2D eigenvalue weighted by Gasteiger charge is 2.29. The number of nitriles is 1. The average molecular weight is 455 g/mol. The lowest BCUT2D eigenvalue weighted by Crippen LogP contribution is -2.38. The number of carbonyl (C=O) groups is 1. The molecule has 6 nitrogen and oxygen atoms in total. The van der Waals surface area contributed by atoms with Gasteiger partial charge in [0, 0.05) is 48.4 Å². The lowest BCUT2D eigenvalue weighted by molar-refractivity contribution is 0.0519. The number of ether oxygens (including phenoxy) is 1. The van der Waals surface area contributed by atoms with E-state index < -0.39 is 0 Å². The largest absolute Gasteiger partial charge is 0.461 e. The molecule has 0 bridgehead atoms. The maximum absolute atomic E-state index is 12.7. The summed E-state index contributed by atoms with van der Waals surface area (Å²) in [4.78, 5) is 22.2. The number of benzene rings is 2. The molecule has 174 valence electrons. The van der Waals surface area contributed by atoms with Gasteiger partial charge in [-0.05, 0) is 49.6 Å². The summed E-state index contributed by atoms with van der Waals surface area (Å²) in [5.41, 5.74) is 4.83. The van der Waals surface area contributed by atoms with Gasteiger partial charge in [0.15, 0.2) is 5.69 Å². The third-order valence-corrected chi connectivity index (χ3v) is 6.99. The van der Waals surface area contributed by atoms with E-state index in [0.29, 0.717) is 31.2 Å². The third kappa shape index (κ3) is 4.31. The molecule has 2 aliphatic heterocycles. The van der Waals surface area contributed by atoms with Crippen LogP contribution in [0.25, 0.3) is 10.8 Å². The molecule has 1 fully saturated rings. The predicted molar refractivity (Wildman–Crippen MR) is 134 cm³/mol. The minimum atomic E-state index is -0.376. The molecule has 5 rings (SSSR count). The average Bonchev–Trinajstić information content (AvgIpc) is 2.88. The van der Waals surface area contributed by atoms with Gasteiger partial charge in [0.25, 0.3) is 0 Å². The summed E-state index contributed by atoms with van der Waals surface area (Å²) in [6, 6.07) is 19.1. The minimum absolute atomic E-state index is 0.322. The van der Waals surface area contributed by atoms with Crippen molar-refractivity contribution in [2.24, 2.45) is 5.92 Å². The van der Waals surface area contributed by atoms with E-state index in [0.717, 1.165) is 50.3 Å². The molecule has 1 atom stereocenters. The van der Waals surface area contributed by atoms with Crippen molar-refractivity contribution >= 4 is 28.1 Å². The van der Waals surface area contributed by atoms with Crippen LogP contribution in [0, 0.1) is 17.2 Å². The Bertz CT molecular complexity index is 1240. The van der Waals surface area contributed by atoms with Crippen LogP contribution in [-0.4, -0.2) is 37.2 Å². The van der Waals surface area contributed by atoms with Crippen LogP contribution in [-0.2, 0) is 17.7 Å². The number of nitrogens with zero attached hydrogens (tertiary/aromatic N) is 4. The zero-order valence-electron chi connectivity index (χ0n) is 19.7. The highest BCUT2D eigenvalue weighted by Crippen LogP contribution is 2.36. The topological polar surface area (TPSA) is 69.5 Å². The zero-order valence-corrected chi connectivity index (χ0v) is 19.7. The Morgan fingerprint density at radius 3 is 2.85 bits per heavy atom. The highest BCUT2D eigenvalue weighted by atomic mass is 16.5. The molecular formula is C28H30N4O2. The molecule has 34 heavy (non-hydrogen) atoms. The van der Waals surface area contributed by atoms with Gasteiger partial charge in [-0.15, -0.1) is 0 Å². The van der Waals surface area contributed by atoms with Crippen molar-refractivity contribution in [1.29, 1.82) is 5.26 Å². The Balaban J connectivity index is 1.53. The van der Waals surface area contributed by atoms with Crippen LogP contribution in [0.1, 0.15) is 47.9 Å². The van der Waals surface area contributed by atoms with Crippen molar-refractivity contribution in [3.8, 4) is 6.07 Å². The van der Waals surface area contributed by atoms with Crippen molar-refractivity contribution in [3.05, 3.63) is 65.5 Å². The van der Waals surface area contributed by atoms with Crippen LogP contribution in [0.4, 0.5) is 11.4 Å². The maximum atomic E-state index is 12.7. The number of hydrogen-bond acceptors (Lipinski definition) is 6. The number of anilines is 2. The van der Waals surface area contributed by atoms with Crippen LogP contribution in [0.15, 0.2) is 48.5 Å². The van der Waals surface area contributed by atoms with E-state index in [2.05, 4.69) is 58.3 Å². The summed E-state index contributed by atoms with van der Waals surface area (Å²) in [7, 11) is 0. The van der Waals surface area contributed by atoms with Gasteiger partial charge >= 0.3 is 5.97 Å². The number of aromatic nitrogens is 1. The van der Waals surface area contributed by atoms with Gasteiger partial charge in [0.2, 0.25) is 0 Å². The number of piperidine rings is 1. The fourth-order valence-corrected chi connectivity index (χ4v) is 5.38. The van der Waals surface area contributed by atoms with Gasteiger partial charge in [-0.25, -0.2) is 9.78 Å². The molecule has 0 aliphatic carbocycles. The van der Waals surface area contributed by atoms with Gasteiger partial charge in [0.1, 0.15) is 0 Å². The van der Waals surface area contributed by atoms with Gasteiger partial charge in [-0.1, -0.05) is 36.4 Å². The van der Waals surface area contributed by atoms with E-state index in [1.54, 1.807) is 0 Å². The summed E-state index contributed by atoms with van der Waals surface area (Å²) in [6.07, 6.45) is 3.57. The van der Waals surface area contributed by atoms with Gasteiger partial charge in [0.05, 0.1) is 24.9 Å². The summed E-state index contributed by atoms with van der Waals surface area (Å²) in [5.74, 6) is -0.0104. The first-order chi connectivity index (χ1) is 16.7. The number of hydrogen-bond donors (Lipinski definition) is 0. The van der Waals surface area contributed by atoms with E-state index in [-0.39, 0.29) is 5.97 Å².